The summed E-state index contributed by atoms with van der Waals surface area (Å²) >= 11 is 0. The predicted molar refractivity (Wildman–Crippen MR) is 108 cm³/mol. The predicted octanol–water partition coefficient (Wildman–Crippen LogP) is 0.636. The number of aromatic amines is 1. The molecule has 12 nitrogen and oxygen atoms in total. The van der Waals surface area contributed by atoms with Crippen molar-refractivity contribution in [3.63, 3.8) is 0 Å². The highest BCUT2D eigenvalue weighted by Gasteiger charge is 2.15. The maximum absolute atomic E-state index is 12.2. The standard InChI is InChI=1S/C18H28N6O6/c1-5-29-12(25)10-24-11-21-13-14(24)22-16(23-15(13)26)19-6-8-28-9-7-20-17(27)30-18(2,3)4/h11H,5-10H2,1-4H3,(H,20,27)(H2,19,22,23,26). The van der Waals surface area contributed by atoms with E-state index in [4.69, 9.17) is 14.2 Å². The van der Waals surface area contributed by atoms with Crippen LogP contribution in [-0.4, -0.2) is 70.1 Å². The number of alkyl carbamates (subject to hydrolysis) is 1. The lowest BCUT2D eigenvalue weighted by atomic mass is 10.2. The lowest BCUT2D eigenvalue weighted by Crippen LogP contribution is -2.34. The zero-order valence-electron chi connectivity index (χ0n) is 17.6. The van der Waals surface area contributed by atoms with Gasteiger partial charge in [0.1, 0.15) is 12.1 Å². The fourth-order valence-corrected chi connectivity index (χ4v) is 2.38. The van der Waals surface area contributed by atoms with Crippen LogP contribution < -0.4 is 16.2 Å². The Kier molecular flexibility index (Phi) is 8.16. The molecule has 0 aliphatic carbocycles. The van der Waals surface area contributed by atoms with Crippen LogP contribution in [0.5, 0.6) is 0 Å². The van der Waals surface area contributed by atoms with E-state index < -0.39 is 23.2 Å². The van der Waals surface area contributed by atoms with Crippen molar-refractivity contribution in [3.8, 4) is 0 Å². The topological polar surface area (TPSA) is 149 Å². The third kappa shape index (κ3) is 7.35. The molecule has 30 heavy (non-hydrogen) atoms. The minimum Gasteiger partial charge on any atom is -0.465 e. The molecule has 3 N–H and O–H groups in total. The first-order valence-electron chi connectivity index (χ1n) is 9.59. The number of aromatic nitrogens is 4. The van der Waals surface area contributed by atoms with E-state index in [1.165, 1.54) is 10.9 Å². The van der Waals surface area contributed by atoms with Gasteiger partial charge in [0.25, 0.3) is 5.56 Å². The van der Waals surface area contributed by atoms with Crippen molar-refractivity contribution in [2.75, 3.05) is 38.2 Å². The van der Waals surface area contributed by atoms with Gasteiger partial charge in [-0.15, -0.1) is 0 Å². The second-order valence-corrected chi connectivity index (χ2v) is 7.23. The zero-order valence-corrected chi connectivity index (χ0v) is 17.6. The summed E-state index contributed by atoms with van der Waals surface area (Å²) in [5.74, 6) is -0.213. The summed E-state index contributed by atoms with van der Waals surface area (Å²) in [6, 6.07) is 0. The third-order valence-electron chi connectivity index (χ3n) is 3.53. The summed E-state index contributed by atoms with van der Waals surface area (Å²) in [5.41, 5.74) is -0.565. The molecule has 0 atom stereocenters. The Morgan fingerprint density at radius 3 is 2.67 bits per heavy atom. The Labute approximate surface area is 173 Å². The Hall–Kier alpha value is -3.15. The number of anilines is 1. The number of nitrogens with zero attached hydrogens (tertiary/aromatic N) is 3. The molecule has 2 aromatic rings. The smallest absolute Gasteiger partial charge is 0.407 e. The number of rotatable bonds is 10. The molecule has 0 saturated carbocycles. The van der Waals surface area contributed by atoms with Crippen LogP contribution in [0.25, 0.3) is 11.2 Å². The summed E-state index contributed by atoms with van der Waals surface area (Å²) in [7, 11) is 0. The van der Waals surface area contributed by atoms with Gasteiger partial charge in [0.15, 0.2) is 11.2 Å². The van der Waals surface area contributed by atoms with Gasteiger partial charge >= 0.3 is 12.1 Å². The fourth-order valence-electron chi connectivity index (χ4n) is 2.38. The van der Waals surface area contributed by atoms with Crippen molar-refractivity contribution in [3.05, 3.63) is 16.7 Å². The molecular formula is C18H28N6O6. The first kappa shape index (κ1) is 23.1. The summed E-state index contributed by atoms with van der Waals surface area (Å²) in [6.45, 7) is 8.54. The summed E-state index contributed by atoms with van der Waals surface area (Å²) in [6.07, 6.45) is 0.868. The molecule has 2 aromatic heterocycles. The molecule has 0 saturated heterocycles. The van der Waals surface area contributed by atoms with Crippen molar-refractivity contribution in [2.24, 2.45) is 0 Å². The first-order valence-corrected chi connectivity index (χ1v) is 9.59. The largest absolute Gasteiger partial charge is 0.465 e. The molecule has 166 valence electrons. The molecule has 0 radical (unpaired) electrons. The van der Waals surface area contributed by atoms with Crippen molar-refractivity contribution in [2.45, 2.75) is 39.8 Å². The van der Waals surface area contributed by atoms with Crippen molar-refractivity contribution >= 4 is 29.2 Å². The highest BCUT2D eigenvalue weighted by atomic mass is 16.6. The van der Waals surface area contributed by atoms with Crippen LogP contribution in [0.1, 0.15) is 27.7 Å². The number of nitrogens with one attached hydrogen (secondary N) is 3. The molecule has 0 bridgehead atoms. The van der Waals surface area contributed by atoms with Gasteiger partial charge in [-0.05, 0) is 27.7 Å². The highest BCUT2D eigenvalue weighted by Crippen LogP contribution is 2.08. The Bertz CT molecular complexity index is 916. The molecule has 12 heteroatoms. The van der Waals surface area contributed by atoms with Crippen LogP contribution in [0, 0.1) is 0 Å². The van der Waals surface area contributed by atoms with E-state index in [2.05, 4.69) is 25.6 Å². The van der Waals surface area contributed by atoms with Gasteiger partial charge < -0.3 is 29.4 Å². The van der Waals surface area contributed by atoms with E-state index in [1.807, 2.05) is 0 Å². The van der Waals surface area contributed by atoms with Gasteiger partial charge in [-0.3, -0.25) is 14.6 Å². The molecule has 2 heterocycles. The zero-order chi connectivity index (χ0) is 22.1. The third-order valence-corrected chi connectivity index (χ3v) is 3.53. The van der Waals surface area contributed by atoms with Gasteiger partial charge in [0.05, 0.1) is 26.1 Å². The van der Waals surface area contributed by atoms with Crippen LogP contribution >= 0.6 is 0 Å². The van der Waals surface area contributed by atoms with E-state index in [0.717, 1.165) is 0 Å². The van der Waals surface area contributed by atoms with Crippen molar-refractivity contribution in [1.82, 2.24) is 24.8 Å². The van der Waals surface area contributed by atoms with Gasteiger partial charge in [0.2, 0.25) is 5.95 Å². The molecular weight excluding hydrogens is 396 g/mol. The lowest BCUT2D eigenvalue weighted by molar-refractivity contribution is -0.143. The number of H-pyrrole nitrogens is 1. The van der Waals surface area contributed by atoms with Crippen molar-refractivity contribution < 1.29 is 23.8 Å². The van der Waals surface area contributed by atoms with E-state index in [0.29, 0.717) is 26.3 Å². The van der Waals surface area contributed by atoms with Gasteiger partial charge in [-0.25, -0.2) is 9.78 Å². The van der Waals surface area contributed by atoms with Gasteiger partial charge in [0, 0.05) is 13.1 Å². The SMILES string of the molecule is CCOC(=O)Cn1cnc2c(=O)[nH]c(NCCOCCNC(=O)OC(C)(C)C)nc21. The second-order valence-electron chi connectivity index (χ2n) is 7.23. The number of ether oxygens (including phenoxy) is 3. The normalized spacial score (nSPS) is 11.3. The van der Waals surface area contributed by atoms with E-state index in [1.54, 1.807) is 27.7 Å². The summed E-state index contributed by atoms with van der Waals surface area (Å²) < 4.78 is 16.9. The molecule has 1 amide bonds. The minimum absolute atomic E-state index is 0.0893. The molecule has 0 aliphatic rings. The molecule has 0 unspecified atom stereocenters. The van der Waals surface area contributed by atoms with Crippen LogP contribution in [0.15, 0.2) is 11.1 Å². The maximum Gasteiger partial charge on any atom is 0.407 e. The maximum atomic E-state index is 12.2. The fraction of sp³-hybridized carbons (Fsp3) is 0.611. The van der Waals surface area contributed by atoms with Crippen molar-refractivity contribution in [1.29, 1.82) is 0 Å². The van der Waals surface area contributed by atoms with Crippen LogP contribution in [-0.2, 0) is 25.5 Å². The second kappa shape index (κ2) is 10.6. The first-order chi connectivity index (χ1) is 14.2. The number of hydrogen-bond acceptors (Lipinski definition) is 9. The molecule has 0 aromatic carbocycles. The van der Waals surface area contributed by atoms with E-state index in [-0.39, 0.29) is 30.3 Å². The van der Waals surface area contributed by atoms with Crippen LogP contribution in [0.4, 0.5) is 10.7 Å². The summed E-state index contributed by atoms with van der Waals surface area (Å²) in [4.78, 5) is 46.2. The molecule has 0 spiro atoms. The number of imidazole rings is 1. The Morgan fingerprint density at radius 1 is 1.23 bits per heavy atom. The number of esters is 1. The number of carbonyl (C=O) groups excluding carboxylic acids is 2. The van der Waals surface area contributed by atoms with Gasteiger partial charge in [-0.1, -0.05) is 0 Å². The monoisotopic (exact) mass is 424 g/mol. The van der Waals surface area contributed by atoms with Gasteiger partial charge in [-0.2, -0.15) is 4.98 Å². The highest BCUT2D eigenvalue weighted by molar-refractivity contribution is 5.75. The number of amides is 1. The van der Waals surface area contributed by atoms with E-state index in [9.17, 15) is 14.4 Å². The number of fused-ring (bicyclic) bond motifs is 1. The molecule has 0 fully saturated rings. The molecule has 2 rings (SSSR count). The van der Waals surface area contributed by atoms with Crippen LogP contribution in [0.3, 0.4) is 0 Å². The average Bonchev–Trinajstić information content (AvgIpc) is 3.03. The molecule has 0 aliphatic heterocycles. The lowest BCUT2D eigenvalue weighted by Gasteiger charge is -2.19. The Morgan fingerprint density at radius 2 is 1.97 bits per heavy atom. The Balaban J connectivity index is 1.79. The minimum atomic E-state index is -0.550. The average molecular weight is 424 g/mol. The quantitative estimate of drug-likeness (QED) is 0.369. The van der Waals surface area contributed by atoms with Crippen LogP contribution in [0.2, 0.25) is 0 Å². The number of carbonyl (C=O) groups is 2. The van der Waals surface area contributed by atoms with E-state index >= 15 is 0 Å². The number of hydrogen-bond donors (Lipinski definition) is 3. The summed E-state index contributed by atoms with van der Waals surface area (Å²) in [5, 5.41) is 5.53.